The molecule has 0 aliphatic rings. The van der Waals surface area contributed by atoms with Crippen molar-refractivity contribution in [2.75, 3.05) is 37.3 Å². The van der Waals surface area contributed by atoms with E-state index < -0.39 is 9.84 Å². The first-order valence-corrected chi connectivity index (χ1v) is 8.77. The van der Waals surface area contributed by atoms with E-state index in [0.717, 1.165) is 25.3 Å². The maximum Gasteiger partial charge on any atom is 0.180 e. The van der Waals surface area contributed by atoms with Gasteiger partial charge in [0, 0.05) is 20.1 Å². The largest absolute Gasteiger partial charge is 0.372 e. The second-order valence-corrected chi connectivity index (χ2v) is 7.64. The summed E-state index contributed by atoms with van der Waals surface area (Å²) >= 11 is 0. The van der Waals surface area contributed by atoms with Crippen LogP contribution in [0.2, 0.25) is 0 Å². The summed E-state index contributed by atoms with van der Waals surface area (Å²) in [5.74, 6) is 0.747. The van der Waals surface area contributed by atoms with Crippen LogP contribution in [0.3, 0.4) is 0 Å². The fraction of sp³-hybridized carbons (Fsp3) is 0.600. The van der Waals surface area contributed by atoms with E-state index in [2.05, 4.69) is 19.2 Å². The number of hydrogen-bond donors (Lipinski definition) is 1. The smallest absolute Gasteiger partial charge is 0.180 e. The number of benzene rings is 1. The molecule has 20 heavy (non-hydrogen) atoms. The molecule has 0 fully saturated rings. The molecule has 0 saturated heterocycles. The zero-order chi connectivity index (χ0) is 15.2. The van der Waals surface area contributed by atoms with Crippen molar-refractivity contribution < 1.29 is 8.42 Å². The van der Waals surface area contributed by atoms with E-state index in [1.807, 2.05) is 24.1 Å². The first kappa shape index (κ1) is 17.0. The van der Waals surface area contributed by atoms with E-state index in [0.29, 0.717) is 10.8 Å². The van der Waals surface area contributed by atoms with Gasteiger partial charge in [0.25, 0.3) is 0 Å². The van der Waals surface area contributed by atoms with Crippen molar-refractivity contribution in [1.29, 1.82) is 0 Å². The number of anilines is 1. The predicted molar refractivity (Wildman–Crippen MR) is 85.1 cm³/mol. The summed E-state index contributed by atoms with van der Waals surface area (Å²) in [6.07, 6.45) is 0. The fourth-order valence-electron chi connectivity index (χ4n) is 1.95. The maximum atomic E-state index is 12.1. The van der Waals surface area contributed by atoms with Gasteiger partial charge in [0.1, 0.15) is 0 Å². The van der Waals surface area contributed by atoms with Crippen molar-refractivity contribution in [3.8, 4) is 0 Å². The van der Waals surface area contributed by atoms with E-state index in [1.165, 1.54) is 0 Å². The molecule has 1 aromatic carbocycles. The van der Waals surface area contributed by atoms with Crippen LogP contribution in [-0.2, 0) is 9.84 Å². The normalized spacial score (nSPS) is 11.8. The summed E-state index contributed by atoms with van der Waals surface area (Å²) in [4.78, 5) is 2.42. The summed E-state index contributed by atoms with van der Waals surface area (Å²) in [5.41, 5.74) is 0.778. The molecule has 4 nitrogen and oxygen atoms in total. The Bertz CT molecular complexity index is 512. The molecule has 0 heterocycles. The van der Waals surface area contributed by atoms with Crippen molar-refractivity contribution in [3.63, 3.8) is 0 Å². The van der Waals surface area contributed by atoms with Gasteiger partial charge >= 0.3 is 0 Å². The van der Waals surface area contributed by atoms with E-state index in [1.54, 1.807) is 19.1 Å². The number of nitrogens with zero attached hydrogens (tertiary/aromatic N) is 1. The Kier molecular flexibility index (Phi) is 6.49. The molecule has 1 rings (SSSR count). The minimum atomic E-state index is -3.18. The van der Waals surface area contributed by atoms with Gasteiger partial charge in [-0.2, -0.15) is 0 Å². The zero-order valence-electron chi connectivity index (χ0n) is 12.9. The average Bonchev–Trinajstić information content (AvgIpc) is 2.43. The molecular formula is C15H26N2O2S. The van der Waals surface area contributed by atoms with E-state index in [-0.39, 0.29) is 5.75 Å². The van der Waals surface area contributed by atoms with Gasteiger partial charge in [-0.1, -0.05) is 32.9 Å². The SMILES string of the molecule is CCS(=O)(=O)c1ccccc1N(C)CCNCC(C)C. The van der Waals surface area contributed by atoms with Gasteiger partial charge in [-0.3, -0.25) is 0 Å². The number of sulfone groups is 1. The zero-order valence-corrected chi connectivity index (χ0v) is 13.7. The second kappa shape index (κ2) is 7.64. The molecule has 0 radical (unpaired) electrons. The van der Waals surface area contributed by atoms with Crippen molar-refractivity contribution in [1.82, 2.24) is 5.32 Å². The molecule has 5 heteroatoms. The molecule has 1 aromatic rings. The van der Waals surface area contributed by atoms with Gasteiger partial charge in [0.15, 0.2) is 9.84 Å². The van der Waals surface area contributed by atoms with Crippen LogP contribution in [0, 0.1) is 5.92 Å². The number of nitrogens with one attached hydrogen (secondary N) is 1. The third-order valence-corrected chi connectivity index (χ3v) is 4.94. The number of para-hydroxylation sites is 1. The predicted octanol–water partition coefficient (Wildman–Crippen LogP) is 2.16. The highest BCUT2D eigenvalue weighted by Crippen LogP contribution is 2.24. The lowest BCUT2D eigenvalue weighted by molar-refractivity contribution is 0.554. The average molecular weight is 298 g/mol. The lowest BCUT2D eigenvalue weighted by Crippen LogP contribution is -2.31. The summed E-state index contributed by atoms with van der Waals surface area (Å²) in [6.45, 7) is 8.61. The van der Waals surface area contributed by atoms with Crippen molar-refractivity contribution in [2.45, 2.75) is 25.7 Å². The second-order valence-electron chi connectivity index (χ2n) is 5.39. The molecule has 0 saturated carbocycles. The van der Waals surface area contributed by atoms with Gasteiger partial charge < -0.3 is 10.2 Å². The Labute approximate surface area is 123 Å². The molecule has 0 unspecified atom stereocenters. The van der Waals surface area contributed by atoms with E-state index in [9.17, 15) is 8.42 Å². The highest BCUT2D eigenvalue weighted by Gasteiger charge is 2.17. The molecule has 0 aliphatic carbocycles. The third kappa shape index (κ3) is 4.80. The molecule has 0 amide bonds. The van der Waals surface area contributed by atoms with Crippen LogP contribution >= 0.6 is 0 Å². The van der Waals surface area contributed by atoms with Crippen LogP contribution in [0.5, 0.6) is 0 Å². The Hall–Kier alpha value is -1.07. The quantitative estimate of drug-likeness (QED) is 0.747. The van der Waals surface area contributed by atoms with Crippen LogP contribution in [0.15, 0.2) is 29.2 Å². The van der Waals surface area contributed by atoms with Gasteiger partial charge in [-0.05, 0) is 24.6 Å². The van der Waals surface area contributed by atoms with Gasteiger partial charge in [0.2, 0.25) is 0 Å². The van der Waals surface area contributed by atoms with Crippen molar-refractivity contribution in [3.05, 3.63) is 24.3 Å². The highest BCUT2D eigenvalue weighted by atomic mass is 32.2. The molecule has 0 aliphatic heterocycles. The number of rotatable bonds is 8. The molecule has 0 atom stereocenters. The van der Waals surface area contributed by atoms with Gasteiger partial charge in [-0.25, -0.2) is 8.42 Å². The molecule has 0 spiro atoms. The Balaban J connectivity index is 2.76. The van der Waals surface area contributed by atoms with Crippen LogP contribution in [0.25, 0.3) is 0 Å². The Morgan fingerprint density at radius 2 is 1.90 bits per heavy atom. The topological polar surface area (TPSA) is 49.4 Å². The minimum absolute atomic E-state index is 0.128. The standard InChI is InChI=1S/C15H26N2O2S/c1-5-20(18,19)15-9-7-6-8-14(15)17(4)11-10-16-12-13(2)3/h6-9,13,16H,5,10-12H2,1-4H3. The first-order valence-electron chi connectivity index (χ1n) is 7.12. The maximum absolute atomic E-state index is 12.1. The van der Waals surface area contributed by atoms with Gasteiger partial charge in [0.05, 0.1) is 16.3 Å². The van der Waals surface area contributed by atoms with Crippen LogP contribution in [0.4, 0.5) is 5.69 Å². The highest BCUT2D eigenvalue weighted by molar-refractivity contribution is 7.91. The summed E-state index contributed by atoms with van der Waals surface area (Å²) in [5, 5.41) is 3.37. The molecular weight excluding hydrogens is 272 g/mol. The van der Waals surface area contributed by atoms with Crippen LogP contribution < -0.4 is 10.2 Å². The summed E-state index contributed by atoms with van der Waals surface area (Å²) in [7, 11) is -1.25. The lowest BCUT2D eigenvalue weighted by Gasteiger charge is -2.22. The lowest BCUT2D eigenvalue weighted by atomic mass is 10.2. The first-order chi connectivity index (χ1) is 9.38. The molecule has 0 aromatic heterocycles. The van der Waals surface area contributed by atoms with E-state index >= 15 is 0 Å². The summed E-state index contributed by atoms with van der Waals surface area (Å²) in [6, 6.07) is 7.20. The molecule has 0 bridgehead atoms. The fourth-order valence-corrected chi connectivity index (χ4v) is 3.09. The molecule has 1 N–H and O–H groups in total. The number of likely N-dealkylation sites (N-methyl/N-ethyl adjacent to an activating group) is 1. The van der Waals surface area contributed by atoms with Crippen LogP contribution in [0.1, 0.15) is 20.8 Å². The van der Waals surface area contributed by atoms with E-state index in [4.69, 9.17) is 0 Å². The third-order valence-electron chi connectivity index (χ3n) is 3.17. The van der Waals surface area contributed by atoms with Crippen molar-refractivity contribution in [2.24, 2.45) is 5.92 Å². The minimum Gasteiger partial charge on any atom is -0.372 e. The van der Waals surface area contributed by atoms with Crippen molar-refractivity contribution >= 4 is 15.5 Å². The summed E-state index contributed by atoms with van der Waals surface area (Å²) < 4.78 is 24.2. The van der Waals surface area contributed by atoms with Gasteiger partial charge in [-0.15, -0.1) is 0 Å². The Morgan fingerprint density at radius 3 is 2.50 bits per heavy atom. The Morgan fingerprint density at radius 1 is 1.25 bits per heavy atom. The monoisotopic (exact) mass is 298 g/mol. The van der Waals surface area contributed by atoms with Crippen LogP contribution in [-0.4, -0.2) is 40.9 Å². The molecule has 114 valence electrons. The number of hydrogen-bond acceptors (Lipinski definition) is 4.